The van der Waals surface area contributed by atoms with E-state index in [1.165, 1.54) is 43.4 Å². The van der Waals surface area contributed by atoms with E-state index in [9.17, 15) is 4.79 Å². The Morgan fingerprint density at radius 2 is 2.00 bits per heavy atom. The topological polar surface area (TPSA) is 41.6 Å². The number of fused-ring (bicyclic) bond motifs is 1. The normalized spacial score (nSPS) is 21.7. The Bertz CT molecular complexity index is 848. The zero-order valence-corrected chi connectivity index (χ0v) is 17.7. The average molecular weight is 427 g/mol. The van der Waals surface area contributed by atoms with Crippen LogP contribution in [0.5, 0.6) is 5.75 Å². The van der Waals surface area contributed by atoms with E-state index in [2.05, 4.69) is 10.2 Å². The first-order chi connectivity index (χ1) is 13.1. The first kappa shape index (κ1) is 19.3. The van der Waals surface area contributed by atoms with Crippen molar-refractivity contribution in [3.05, 3.63) is 27.1 Å². The summed E-state index contributed by atoms with van der Waals surface area (Å²) in [6.07, 6.45) is 7.61. The molecular weight excluding hydrogens is 403 g/mol. The highest BCUT2D eigenvalue weighted by atomic mass is 35.5. The van der Waals surface area contributed by atoms with Gasteiger partial charge < -0.3 is 10.1 Å². The number of carbonyl (C=O) groups is 1. The van der Waals surface area contributed by atoms with Crippen molar-refractivity contribution in [3.8, 4) is 5.75 Å². The Hall–Kier alpha value is -1.01. The maximum absolute atomic E-state index is 12.9. The number of thiophene rings is 1. The first-order valence-corrected chi connectivity index (χ1v) is 11.1. The standard InChI is InChI=1S/C20H24Cl2N2O2S/c1-26-16-10-17-15(18(21)19(22)27-17)9-14(16)20(25)23-12-7-8-24(11-12)13-5-3-2-4-6-13/h9-10,12-13H,2-8,11H2,1H3,(H,23,25)/t12-/m0/s1. The summed E-state index contributed by atoms with van der Waals surface area (Å²) in [6, 6.07) is 4.51. The van der Waals surface area contributed by atoms with Gasteiger partial charge in [0.15, 0.2) is 0 Å². The maximum atomic E-state index is 12.9. The van der Waals surface area contributed by atoms with Gasteiger partial charge in [0.25, 0.3) is 5.91 Å². The van der Waals surface area contributed by atoms with Gasteiger partial charge in [0.05, 0.1) is 17.7 Å². The molecule has 0 bridgehead atoms. The van der Waals surface area contributed by atoms with Crippen molar-refractivity contribution in [1.29, 1.82) is 0 Å². The lowest BCUT2D eigenvalue weighted by molar-refractivity contribution is 0.0932. The second kappa shape index (κ2) is 8.16. The Morgan fingerprint density at radius 3 is 2.74 bits per heavy atom. The second-order valence-electron chi connectivity index (χ2n) is 7.48. The predicted molar refractivity (Wildman–Crippen MR) is 113 cm³/mol. The molecule has 0 unspecified atom stereocenters. The van der Waals surface area contributed by atoms with Crippen molar-refractivity contribution >= 4 is 50.5 Å². The van der Waals surface area contributed by atoms with Crippen molar-refractivity contribution in [2.24, 2.45) is 0 Å². The van der Waals surface area contributed by atoms with Crippen LogP contribution in [-0.2, 0) is 0 Å². The summed E-state index contributed by atoms with van der Waals surface area (Å²) in [5, 5.41) is 4.49. The van der Waals surface area contributed by atoms with Crippen LogP contribution in [0.2, 0.25) is 9.36 Å². The van der Waals surface area contributed by atoms with Gasteiger partial charge in [0.2, 0.25) is 0 Å². The van der Waals surface area contributed by atoms with E-state index in [0.29, 0.717) is 26.7 Å². The van der Waals surface area contributed by atoms with Crippen molar-refractivity contribution in [2.75, 3.05) is 20.2 Å². The molecule has 4 nitrogen and oxygen atoms in total. The number of methoxy groups -OCH3 is 1. The summed E-state index contributed by atoms with van der Waals surface area (Å²) >= 11 is 13.8. The average Bonchev–Trinajstić information content (AvgIpc) is 3.26. The molecule has 1 atom stereocenters. The summed E-state index contributed by atoms with van der Waals surface area (Å²) < 4.78 is 6.91. The Labute approximate surface area is 173 Å². The zero-order chi connectivity index (χ0) is 19.0. The minimum absolute atomic E-state index is 0.109. The van der Waals surface area contributed by atoms with Gasteiger partial charge in [-0.3, -0.25) is 9.69 Å². The van der Waals surface area contributed by atoms with Crippen molar-refractivity contribution in [1.82, 2.24) is 10.2 Å². The molecule has 27 heavy (non-hydrogen) atoms. The number of halogens is 2. The molecule has 2 aliphatic rings. The minimum atomic E-state index is -0.109. The van der Waals surface area contributed by atoms with Gasteiger partial charge in [-0.2, -0.15) is 0 Å². The van der Waals surface area contributed by atoms with Gasteiger partial charge >= 0.3 is 0 Å². The number of benzene rings is 1. The Morgan fingerprint density at radius 1 is 1.22 bits per heavy atom. The van der Waals surface area contributed by atoms with E-state index in [4.69, 9.17) is 27.9 Å². The molecule has 0 spiro atoms. The van der Waals surface area contributed by atoms with Crippen LogP contribution in [0, 0.1) is 0 Å². The highest BCUT2D eigenvalue weighted by Crippen LogP contribution is 2.41. The molecular formula is C20H24Cl2N2O2S. The summed E-state index contributed by atoms with van der Waals surface area (Å²) in [5.74, 6) is 0.444. The lowest BCUT2D eigenvalue weighted by Gasteiger charge is -2.31. The molecule has 2 fully saturated rings. The number of carbonyl (C=O) groups excluding carboxylic acids is 1. The predicted octanol–water partition coefficient (Wildman–Crippen LogP) is 5.35. The van der Waals surface area contributed by atoms with Gasteiger partial charge in [0, 0.05) is 35.3 Å². The fraction of sp³-hybridized carbons (Fsp3) is 0.550. The monoisotopic (exact) mass is 426 g/mol. The van der Waals surface area contributed by atoms with E-state index >= 15 is 0 Å². The number of ether oxygens (including phenoxy) is 1. The van der Waals surface area contributed by atoms with E-state index in [1.807, 2.05) is 6.07 Å². The summed E-state index contributed by atoms with van der Waals surface area (Å²) in [7, 11) is 1.58. The third-order valence-corrected chi connectivity index (χ3v) is 7.76. The smallest absolute Gasteiger partial charge is 0.255 e. The van der Waals surface area contributed by atoms with Crippen LogP contribution in [0.15, 0.2) is 12.1 Å². The van der Waals surface area contributed by atoms with Crippen LogP contribution in [0.25, 0.3) is 10.1 Å². The second-order valence-corrected chi connectivity index (χ2v) is 9.52. The molecule has 1 saturated heterocycles. The summed E-state index contributed by atoms with van der Waals surface area (Å²) in [5.41, 5.74) is 0.512. The lowest BCUT2D eigenvalue weighted by atomic mass is 9.94. The Kier molecular flexibility index (Phi) is 5.83. The fourth-order valence-corrected chi connectivity index (χ4v) is 5.87. The number of hydrogen-bond acceptors (Lipinski definition) is 4. The molecule has 146 valence electrons. The van der Waals surface area contributed by atoms with Gasteiger partial charge in [0.1, 0.15) is 10.1 Å². The van der Waals surface area contributed by atoms with E-state index in [0.717, 1.165) is 29.6 Å². The summed E-state index contributed by atoms with van der Waals surface area (Å²) in [6.45, 7) is 2.00. The number of amides is 1. The van der Waals surface area contributed by atoms with E-state index in [-0.39, 0.29) is 11.9 Å². The molecule has 1 aliphatic heterocycles. The fourth-order valence-electron chi connectivity index (χ4n) is 4.36. The molecule has 7 heteroatoms. The molecule has 2 aromatic rings. The van der Waals surface area contributed by atoms with Crippen LogP contribution in [0.1, 0.15) is 48.9 Å². The molecule has 1 saturated carbocycles. The Balaban J connectivity index is 1.48. The third kappa shape index (κ3) is 3.93. The molecule has 1 aliphatic carbocycles. The number of nitrogens with one attached hydrogen (secondary N) is 1. The van der Waals surface area contributed by atoms with E-state index in [1.54, 1.807) is 13.2 Å². The number of rotatable bonds is 4. The molecule has 4 rings (SSSR count). The number of nitrogens with zero attached hydrogens (tertiary/aromatic N) is 1. The van der Waals surface area contributed by atoms with Gasteiger partial charge in [-0.1, -0.05) is 42.5 Å². The number of hydrogen-bond donors (Lipinski definition) is 1. The first-order valence-electron chi connectivity index (χ1n) is 9.57. The van der Waals surface area contributed by atoms with Gasteiger partial charge in [-0.15, -0.1) is 11.3 Å². The maximum Gasteiger partial charge on any atom is 0.255 e. The van der Waals surface area contributed by atoms with Crippen LogP contribution >= 0.6 is 34.5 Å². The SMILES string of the molecule is COc1cc2sc(Cl)c(Cl)c2cc1C(=O)N[C@H]1CCN(C2CCCCC2)C1. The van der Waals surface area contributed by atoms with Gasteiger partial charge in [-0.05, 0) is 31.4 Å². The number of likely N-dealkylation sites (tertiary alicyclic amines) is 1. The zero-order valence-electron chi connectivity index (χ0n) is 15.4. The highest BCUT2D eigenvalue weighted by Gasteiger charge is 2.30. The molecule has 1 amide bonds. The summed E-state index contributed by atoms with van der Waals surface area (Å²) in [4.78, 5) is 15.5. The molecule has 2 heterocycles. The third-order valence-electron chi connectivity index (χ3n) is 5.80. The van der Waals surface area contributed by atoms with Crippen molar-refractivity contribution in [2.45, 2.75) is 50.6 Å². The van der Waals surface area contributed by atoms with Crippen molar-refractivity contribution in [3.63, 3.8) is 0 Å². The quantitative estimate of drug-likeness (QED) is 0.715. The van der Waals surface area contributed by atoms with Gasteiger partial charge in [-0.25, -0.2) is 0 Å². The molecule has 1 aromatic carbocycles. The highest BCUT2D eigenvalue weighted by molar-refractivity contribution is 7.23. The van der Waals surface area contributed by atoms with Crippen LogP contribution in [-0.4, -0.2) is 43.1 Å². The molecule has 1 aromatic heterocycles. The molecule has 0 radical (unpaired) electrons. The van der Waals surface area contributed by atoms with Crippen LogP contribution < -0.4 is 10.1 Å². The minimum Gasteiger partial charge on any atom is -0.496 e. The van der Waals surface area contributed by atoms with Crippen molar-refractivity contribution < 1.29 is 9.53 Å². The lowest BCUT2D eigenvalue weighted by Crippen LogP contribution is -2.40. The van der Waals surface area contributed by atoms with E-state index < -0.39 is 0 Å². The molecule has 1 N–H and O–H groups in total. The largest absolute Gasteiger partial charge is 0.496 e. The van der Waals surface area contributed by atoms with Crippen LogP contribution in [0.3, 0.4) is 0 Å². The van der Waals surface area contributed by atoms with Crippen LogP contribution in [0.4, 0.5) is 0 Å².